The maximum atomic E-state index is 12.9. The lowest BCUT2D eigenvalue weighted by atomic mass is 9.73. The van der Waals surface area contributed by atoms with Gasteiger partial charge in [0.15, 0.2) is 0 Å². The van der Waals surface area contributed by atoms with Gasteiger partial charge in [-0.05, 0) is 26.0 Å². The Kier molecular flexibility index (Phi) is 2.52. The summed E-state index contributed by atoms with van der Waals surface area (Å²) in [5.41, 5.74) is -0.247. The standard InChI is InChI=1S/C17H17NO4/c1-10-3-5-11(6-4-10)18-14(20)12-13(15(18)21)17(9-19)8-7-16(12,2)22-17/h3-8,12-13,19H,9H2,1-2H3/t12-,13-,16+,17-/m1/s1. The monoisotopic (exact) mass is 299 g/mol. The molecule has 0 saturated carbocycles. The first kappa shape index (κ1) is 13.7. The molecule has 0 unspecified atom stereocenters. The number of rotatable bonds is 2. The van der Waals surface area contributed by atoms with Crippen molar-refractivity contribution in [2.24, 2.45) is 11.8 Å². The third-order valence-electron chi connectivity index (χ3n) is 5.10. The van der Waals surface area contributed by atoms with Crippen LogP contribution in [0.15, 0.2) is 36.4 Å². The van der Waals surface area contributed by atoms with Crippen molar-refractivity contribution in [1.29, 1.82) is 0 Å². The molecule has 3 aliphatic rings. The van der Waals surface area contributed by atoms with Crippen LogP contribution in [0.25, 0.3) is 0 Å². The molecule has 0 aromatic heterocycles. The molecule has 2 bridgehead atoms. The molecular weight excluding hydrogens is 282 g/mol. The number of hydrogen-bond acceptors (Lipinski definition) is 4. The van der Waals surface area contributed by atoms with Gasteiger partial charge in [-0.2, -0.15) is 0 Å². The van der Waals surface area contributed by atoms with Gasteiger partial charge >= 0.3 is 0 Å². The summed E-state index contributed by atoms with van der Waals surface area (Å²) in [7, 11) is 0. The Balaban J connectivity index is 1.80. The quantitative estimate of drug-likeness (QED) is 0.658. The van der Waals surface area contributed by atoms with Crippen LogP contribution in [0.3, 0.4) is 0 Å². The van der Waals surface area contributed by atoms with Crippen LogP contribution < -0.4 is 4.90 Å². The van der Waals surface area contributed by atoms with E-state index in [0.29, 0.717) is 5.69 Å². The van der Waals surface area contributed by atoms with Crippen LogP contribution >= 0.6 is 0 Å². The van der Waals surface area contributed by atoms with Gasteiger partial charge in [-0.3, -0.25) is 9.59 Å². The van der Waals surface area contributed by atoms with Gasteiger partial charge < -0.3 is 9.84 Å². The summed E-state index contributed by atoms with van der Waals surface area (Å²) in [5.74, 6) is -1.76. The van der Waals surface area contributed by atoms with E-state index in [0.717, 1.165) is 5.56 Å². The van der Waals surface area contributed by atoms with Crippen molar-refractivity contribution in [2.45, 2.75) is 25.0 Å². The second-order valence-electron chi connectivity index (χ2n) is 6.54. The van der Waals surface area contributed by atoms with E-state index >= 15 is 0 Å². The molecule has 22 heavy (non-hydrogen) atoms. The average molecular weight is 299 g/mol. The molecule has 5 heteroatoms. The first-order valence-corrected chi connectivity index (χ1v) is 7.38. The summed E-state index contributed by atoms with van der Waals surface area (Å²) in [6.45, 7) is 3.45. The second-order valence-corrected chi connectivity index (χ2v) is 6.54. The van der Waals surface area contributed by atoms with E-state index in [1.165, 1.54) is 4.90 Å². The molecule has 0 spiro atoms. The lowest BCUT2D eigenvalue weighted by molar-refractivity contribution is -0.131. The van der Waals surface area contributed by atoms with E-state index in [2.05, 4.69) is 0 Å². The van der Waals surface area contributed by atoms with Crippen molar-refractivity contribution >= 4 is 17.5 Å². The van der Waals surface area contributed by atoms with Crippen LogP contribution in [0.5, 0.6) is 0 Å². The van der Waals surface area contributed by atoms with Gasteiger partial charge in [0.2, 0.25) is 11.8 Å². The normalized spacial score (nSPS) is 39.0. The molecule has 2 saturated heterocycles. The fourth-order valence-corrected chi connectivity index (χ4v) is 3.99. The Labute approximate surface area is 128 Å². The fraction of sp³-hybridized carbons (Fsp3) is 0.412. The van der Waals surface area contributed by atoms with Crippen LogP contribution in [-0.2, 0) is 14.3 Å². The van der Waals surface area contributed by atoms with Gasteiger partial charge in [0.05, 0.1) is 29.7 Å². The number of aliphatic hydroxyl groups is 1. The van der Waals surface area contributed by atoms with Crippen molar-refractivity contribution in [3.05, 3.63) is 42.0 Å². The number of anilines is 1. The van der Waals surface area contributed by atoms with E-state index in [-0.39, 0.29) is 18.4 Å². The molecule has 3 heterocycles. The topological polar surface area (TPSA) is 66.8 Å². The van der Waals surface area contributed by atoms with Crippen LogP contribution in [0.2, 0.25) is 0 Å². The number of carbonyl (C=O) groups is 2. The first-order chi connectivity index (χ1) is 10.4. The molecule has 0 radical (unpaired) electrons. The smallest absolute Gasteiger partial charge is 0.241 e. The van der Waals surface area contributed by atoms with E-state index in [9.17, 15) is 14.7 Å². The number of amides is 2. The number of hydrogen-bond donors (Lipinski definition) is 1. The molecular formula is C17H17NO4. The summed E-state index contributed by atoms with van der Waals surface area (Å²) in [6, 6.07) is 7.29. The van der Waals surface area contributed by atoms with E-state index in [1.807, 2.05) is 19.1 Å². The van der Waals surface area contributed by atoms with Crippen molar-refractivity contribution in [2.75, 3.05) is 11.5 Å². The Morgan fingerprint density at radius 1 is 1.14 bits per heavy atom. The minimum Gasteiger partial charge on any atom is -0.393 e. The number of fused-ring (bicyclic) bond motifs is 5. The van der Waals surface area contributed by atoms with Crippen molar-refractivity contribution in [1.82, 2.24) is 0 Å². The highest BCUT2D eigenvalue weighted by Gasteiger charge is 2.72. The third-order valence-corrected chi connectivity index (χ3v) is 5.10. The number of ether oxygens (including phenoxy) is 1. The molecule has 2 fully saturated rings. The molecule has 5 nitrogen and oxygen atoms in total. The number of nitrogens with zero attached hydrogens (tertiary/aromatic N) is 1. The molecule has 3 aliphatic heterocycles. The zero-order chi connectivity index (χ0) is 15.7. The Hall–Kier alpha value is -1.98. The van der Waals surface area contributed by atoms with Gasteiger partial charge in [-0.15, -0.1) is 0 Å². The second kappa shape index (κ2) is 4.06. The summed E-state index contributed by atoms with van der Waals surface area (Å²) < 4.78 is 5.88. The Morgan fingerprint density at radius 2 is 1.77 bits per heavy atom. The maximum Gasteiger partial charge on any atom is 0.241 e. The number of carbonyl (C=O) groups excluding carboxylic acids is 2. The number of imide groups is 1. The van der Waals surface area contributed by atoms with Crippen molar-refractivity contribution < 1.29 is 19.4 Å². The summed E-state index contributed by atoms with van der Waals surface area (Å²) in [5, 5.41) is 9.74. The van der Waals surface area contributed by atoms with Gasteiger partial charge in [-0.25, -0.2) is 4.90 Å². The SMILES string of the molecule is Cc1ccc(N2C(=O)[C@H]3[C@H](C2=O)[C@]2(C)C=C[C@]3(CO)O2)cc1. The van der Waals surface area contributed by atoms with Gasteiger partial charge in [0, 0.05) is 0 Å². The summed E-state index contributed by atoms with van der Waals surface area (Å²) in [4.78, 5) is 26.9. The van der Waals surface area contributed by atoms with Crippen molar-refractivity contribution in [3.8, 4) is 0 Å². The number of benzene rings is 1. The highest BCUT2D eigenvalue weighted by molar-refractivity contribution is 6.23. The molecule has 4 rings (SSSR count). The maximum absolute atomic E-state index is 12.9. The zero-order valence-corrected chi connectivity index (χ0v) is 12.4. The summed E-state index contributed by atoms with van der Waals surface area (Å²) in [6.07, 6.45) is 3.53. The van der Waals surface area contributed by atoms with Gasteiger partial charge in [-0.1, -0.05) is 29.8 Å². The van der Waals surface area contributed by atoms with E-state index in [4.69, 9.17) is 4.74 Å². The molecule has 1 aromatic rings. The highest BCUT2D eigenvalue weighted by Crippen LogP contribution is 2.57. The van der Waals surface area contributed by atoms with Crippen molar-refractivity contribution in [3.63, 3.8) is 0 Å². The van der Waals surface area contributed by atoms with Gasteiger partial charge in [0.1, 0.15) is 5.60 Å². The third kappa shape index (κ3) is 1.45. The zero-order valence-electron chi connectivity index (χ0n) is 12.4. The van der Waals surface area contributed by atoms with Gasteiger partial charge in [0.25, 0.3) is 0 Å². The molecule has 114 valence electrons. The van der Waals surface area contributed by atoms with Crippen LogP contribution in [0.4, 0.5) is 5.69 Å². The largest absolute Gasteiger partial charge is 0.393 e. The number of aliphatic hydroxyl groups excluding tert-OH is 1. The summed E-state index contributed by atoms with van der Waals surface area (Å²) >= 11 is 0. The average Bonchev–Trinajstić information content (AvgIpc) is 3.07. The fourth-order valence-electron chi connectivity index (χ4n) is 3.99. The molecule has 2 amide bonds. The van der Waals surface area contributed by atoms with E-state index in [1.54, 1.807) is 31.2 Å². The van der Waals surface area contributed by atoms with Crippen LogP contribution in [0.1, 0.15) is 12.5 Å². The number of aryl methyl sites for hydroxylation is 1. The molecule has 0 aliphatic carbocycles. The van der Waals surface area contributed by atoms with Crippen LogP contribution in [-0.4, -0.2) is 34.7 Å². The Morgan fingerprint density at radius 3 is 2.41 bits per heavy atom. The predicted molar refractivity (Wildman–Crippen MR) is 79.1 cm³/mol. The lowest BCUT2D eigenvalue weighted by Crippen LogP contribution is -2.43. The lowest BCUT2D eigenvalue weighted by Gasteiger charge is -2.26. The molecule has 4 atom stereocenters. The highest BCUT2D eigenvalue weighted by atomic mass is 16.5. The molecule has 1 N–H and O–H groups in total. The van der Waals surface area contributed by atoms with E-state index < -0.39 is 23.0 Å². The van der Waals surface area contributed by atoms with Crippen LogP contribution in [0, 0.1) is 18.8 Å². The molecule has 1 aromatic carbocycles. The minimum atomic E-state index is -1.06. The minimum absolute atomic E-state index is 0.249. The Bertz CT molecular complexity index is 710. The first-order valence-electron chi connectivity index (χ1n) is 7.38. The predicted octanol–water partition coefficient (Wildman–Crippen LogP) is 1.19.